The van der Waals surface area contributed by atoms with Crippen molar-refractivity contribution in [3.63, 3.8) is 0 Å². The number of hydrogen-bond acceptors (Lipinski definition) is 7. The van der Waals surface area contributed by atoms with Crippen LogP contribution in [0.4, 0.5) is 13.2 Å². The van der Waals surface area contributed by atoms with Gasteiger partial charge in [-0.3, -0.25) is 4.90 Å². The molecule has 11 heteroatoms. The van der Waals surface area contributed by atoms with Crippen LogP contribution in [0.25, 0.3) is 0 Å². The molecule has 0 aliphatic heterocycles. The number of carboxylic acids is 1. The summed E-state index contributed by atoms with van der Waals surface area (Å²) >= 11 is 0. The topological polar surface area (TPSA) is 94.3 Å². The predicted octanol–water partition coefficient (Wildman–Crippen LogP) is 2.97. The number of rotatable bonds is 7. The van der Waals surface area contributed by atoms with Gasteiger partial charge in [0.2, 0.25) is 5.75 Å². The van der Waals surface area contributed by atoms with E-state index >= 15 is 0 Å². The van der Waals surface area contributed by atoms with Gasteiger partial charge in [-0.2, -0.15) is 13.2 Å². The molecular formula is C17H21F3N2O6. The Kier molecular flexibility index (Phi) is 8.58. The Hall–Kier alpha value is -2.95. The fourth-order valence-corrected chi connectivity index (χ4v) is 2.22. The van der Waals surface area contributed by atoms with Gasteiger partial charge in [-0.1, -0.05) is 11.2 Å². The van der Waals surface area contributed by atoms with Crippen LogP contribution < -0.4 is 14.2 Å². The molecule has 0 fully saturated rings. The summed E-state index contributed by atoms with van der Waals surface area (Å²) < 4.78 is 53.0. The van der Waals surface area contributed by atoms with E-state index in [2.05, 4.69) is 10.1 Å². The number of methoxy groups -OCH3 is 3. The molecule has 156 valence electrons. The summed E-state index contributed by atoms with van der Waals surface area (Å²) in [6, 6.07) is 5.69. The molecule has 28 heavy (non-hydrogen) atoms. The van der Waals surface area contributed by atoms with Crippen LogP contribution >= 0.6 is 0 Å². The van der Waals surface area contributed by atoms with Gasteiger partial charge < -0.3 is 23.8 Å². The van der Waals surface area contributed by atoms with E-state index in [9.17, 15) is 13.2 Å². The highest BCUT2D eigenvalue weighted by molar-refractivity contribution is 5.73. The molecule has 0 unspecified atom stereocenters. The zero-order chi connectivity index (χ0) is 21.3. The zero-order valence-corrected chi connectivity index (χ0v) is 15.7. The Morgan fingerprint density at radius 2 is 1.71 bits per heavy atom. The van der Waals surface area contributed by atoms with Gasteiger partial charge in [-0.15, -0.1) is 0 Å². The normalized spacial score (nSPS) is 10.9. The molecule has 2 aromatic rings. The minimum Gasteiger partial charge on any atom is -0.493 e. The van der Waals surface area contributed by atoms with Crippen LogP contribution in [0.15, 0.2) is 28.9 Å². The van der Waals surface area contributed by atoms with Gasteiger partial charge in [0.15, 0.2) is 17.3 Å². The standard InChI is InChI=1S/C15H20N2O4.C2HF3O2/c1-17(10-12-7-8-16-21-12)9-11-5-6-13(18-2)15(20-4)14(11)19-3;3-2(4,5)1(6)7/h5-8H,9-10H2,1-4H3;(H,6,7). The van der Waals surface area contributed by atoms with E-state index in [0.29, 0.717) is 30.3 Å². The van der Waals surface area contributed by atoms with Crippen LogP contribution in [0.2, 0.25) is 0 Å². The van der Waals surface area contributed by atoms with Crippen molar-refractivity contribution in [1.82, 2.24) is 10.1 Å². The number of ether oxygens (including phenoxy) is 3. The molecule has 1 aromatic heterocycles. The minimum absolute atomic E-state index is 0.602. The van der Waals surface area contributed by atoms with E-state index in [1.165, 1.54) is 0 Å². The quantitative estimate of drug-likeness (QED) is 0.750. The third-order valence-electron chi connectivity index (χ3n) is 3.39. The Balaban J connectivity index is 0.000000480. The summed E-state index contributed by atoms with van der Waals surface area (Å²) in [6.45, 7) is 1.35. The summed E-state index contributed by atoms with van der Waals surface area (Å²) in [5, 5.41) is 10.8. The van der Waals surface area contributed by atoms with Crippen molar-refractivity contribution in [1.29, 1.82) is 0 Å². The number of nitrogens with zero attached hydrogens (tertiary/aromatic N) is 2. The van der Waals surface area contributed by atoms with Crippen molar-refractivity contribution >= 4 is 5.97 Å². The molecule has 0 saturated carbocycles. The molecule has 0 spiro atoms. The van der Waals surface area contributed by atoms with E-state index in [4.69, 9.17) is 28.6 Å². The Morgan fingerprint density at radius 3 is 2.14 bits per heavy atom. The van der Waals surface area contributed by atoms with Gasteiger partial charge in [-0.05, 0) is 13.1 Å². The number of alkyl halides is 3. The number of benzene rings is 1. The summed E-state index contributed by atoms with van der Waals surface area (Å²) in [5.41, 5.74) is 1.01. The van der Waals surface area contributed by atoms with Crippen molar-refractivity contribution in [2.45, 2.75) is 19.3 Å². The first kappa shape index (κ1) is 23.1. The van der Waals surface area contributed by atoms with Gasteiger partial charge >= 0.3 is 12.1 Å². The average molecular weight is 406 g/mol. The maximum Gasteiger partial charge on any atom is 0.490 e. The second-order valence-electron chi connectivity index (χ2n) is 5.45. The van der Waals surface area contributed by atoms with E-state index in [1.807, 2.05) is 25.2 Å². The predicted molar refractivity (Wildman–Crippen MR) is 91.5 cm³/mol. The molecule has 0 amide bonds. The van der Waals surface area contributed by atoms with Crippen LogP contribution in [-0.2, 0) is 17.9 Å². The van der Waals surface area contributed by atoms with Gasteiger partial charge in [0.05, 0.1) is 34.1 Å². The third-order valence-corrected chi connectivity index (χ3v) is 3.39. The minimum atomic E-state index is -5.08. The van der Waals surface area contributed by atoms with Crippen LogP contribution in [0, 0.1) is 0 Å². The third kappa shape index (κ3) is 6.65. The van der Waals surface area contributed by atoms with Gasteiger partial charge in [0, 0.05) is 18.2 Å². The van der Waals surface area contributed by atoms with Gasteiger partial charge in [0.25, 0.3) is 0 Å². The molecule has 1 heterocycles. The lowest BCUT2D eigenvalue weighted by Crippen LogP contribution is -2.21. The number of carbonyl (C=O) groups is 1. The molecule has 0 radical (unpaired) electrons. The number of aliphatic carboxylic acids is 1. The maximum absolute atomic E-state index is 10.6. The van der Waals surface area contributed by atoms with Crippen molar-refractivity contribution in [3.05, 3.63) is 35.7 Å². The van der Waals surface area contributed by atoms with E-state index in [1.54, 1.807) is 27.5 Å². The van der Waals surface area contributed by atoms with E-state index in [-0.39, 0.29) is 0 Å². The molecule has 0 bridgehead atoms. The lowest BCUT2D eigenvalue weighted by Gasteiger charge is -2.19. The Bertz CT molecular complexity index is 750. The molecule has 1 N–H and O–H groups in total. The molecule has 0 aliphatic rings. The summed E-state index contributed by atoms with van der Waals surface area (Å²) in [7, 11) is 6.82. The first-order valence-corrected chi connectivity index (χ1v) is 7.80. The maximum atomic E-state index is 10.6. The summed E-state index contributed by atoms with van der Waals surface area (Å²) in [5.74, 6) is -0.00716. The van der Waals surface area contributed by atoms with Crippen molar-refractivity contribution in [2.75, 3.05) is 28.4 Å². The van der Waals surface area contributed by atoms with Crippen molar-refractivity contribution < 1.29 is 41.8 Å². The van der Waals surface area contributed by atoms with Crippen LogP contribution in [0.1, 0.15) is 11.3 Å². The van der Waals surface area contributed by atoms with Crippen LogP contribution in [0.5, 0.6) is 17.2 Å². The second kappa shape index (κ2) is 10.4. The van der Waals surface area contributed by atoms with Crippen LogP contribution in [0.3, 0.4) is 0 Å². The first-order chi connectivity index (χ1) is 13.1. The molecule has 8 nitrogen and oxygen atoms in total. The zero-order valence-electron chi connectivity index (χ0n) is 15.7. The molecule has 0 atom stereocenters. The summed E-state index contributed by atoms with van der Waals surface area (Å²) in [6.07, 6.45) is -3.44. The lowest BCUT2D eigenvalue weighted by molar-refractivity contribution is -0.192. The Morgan fingerprint density at radius 1 is 1.11 bits per heavy atom. The molecule has 0 saturated heterocycles. The highest BCUT2D eigenvalue weighted by atomic mass is 19.4. The number of hydrogen-bond donors (Lipinski definition) is 1. The first-order valence-electron chi connectivity index (χ1n) is 7.80. The monoisotopic (exact) mass is 406 g/mol. The lowest BCUT2D eigenvalue weighted by atomic mass is 10.1. The molecule has 1 aromatic carbocycles. The van der Waals surface area contributed by atoms with E-state index < -0.39 is 12.1 Å². The highest BCUT2D eigenvalue weighted by Gasteiger charge is 2.38. The number of aromatic nitrogens is 1. The number of halogens is 3. The molecule has 2 rings (SSSR count). The van der Waals surface area contributed by atoms with Gasteiger partial charge in [-0.25, -0.2) is 4.79 Å². The number of carboxylic acid groups (broad SMARTS) is 1. The van der Waals surface area contributed by atoms with Crippen molar-refractivity contribution in [2.24, 2.45) is 0 Å². The molecular weight excluding hydrogens is 385 g/mol. The van der Waals surface area contributed by atoms with Gasteiger partial charge in [0.1, 0.15) is 0 Å². The second-order valence-corrected chi connectivity index (χ2v) is 5.45. The fourth-order valence-electron chi connectivity index (χ4n) is 2.22. The van der Waals surface area contributed by atoms with Crippen LogP contribution in [-0.4, -0.2) is 55.7 Å². The Labute approximate surface area is 159 Å². The van der Waals surface area contributed by atoms with E-state index in [0.717, 1.165) is 11.3 Å². The molecule has 0 aliphatic carbocycles. The fraction of sp³-hybridized carbons (Fsp3) is 0.412. The summed E-state index contributed by atoms with van der Waals surface area (Å²) in [4.78, 5) is 11.0. The average Bonchev–Trinajstić information content (AvgIpc) is 3.13. The SMILES string of the molecule is COc1ccc(CN(C)Cc2ccno2)c(OC)c1OC.O=C(O)C(F)(F)F. The highest BCUT2D eigenvalue weighted by Crippen LogP contribution is 2.40. The van der Waals surface area contributed by atoms with Crippen molar-refractivity contribution in [3.8, 4) is 17.2 Å². The smallest absolute Gasteiger partial charge is 0.490 e. The largest absolute Gasteiger partial charge is 0.493 e.